The molecule has 0 fully saturated rings. The van der Waals surface area contributed by atoms with E-state index >= 15 is 0 Å². The smallest absolute Gasteiger partial charge is 0.262 e. The molecule has 0 N–H and O–H groups in total. The van der Waals surface area contributed by atoms with Gasteiger partial charge in [-0.2, -0.15) is 0 Å². The van der Waals surface area contributed by atoms with E-state index in [0.29, 0.717) is 5.39 Å². The maximum atomic E-state index is 12.5. The van der Waals surface area contributed by atoms with Crippen LogP contribution in [0.25, 0.3) is 10.9 Å². The molecule has 2 unspecified atom stereocenters. The lowest BCUT2D eigenvalue weighted by Gasteiger charge is -2.22. The average molecular weight is 243 g/mol. The van der Waals surface area contributed by atoms with Crippen LogP contribution in [0, 0.1) is 0 Å². The Labute approximate surface area is 106 Å². The second-order valence-electron chi connectivity index (χ2n) is 4.80. The fourth-order valence-electron chi connectivity index (χ4n) is 2.98. The third-order valence-corrected chi connectivity index (χ3v) is 3.92. The first-order valence-corrected chi connectivity index (χ1v) is 6.42. The summed E-state index contributed by atoms with van der Waals surface area (Å²) in [6.07, 6.45) is 0.0876. The lowest BCUT2D eigenvalue weighted by atomic mass is 10.2. The minimum absolute atomic E-state index is 0.0749. The third kappa shape index (κ3) is 1.35. The molecular weight excluding hydrogens is 226 g/mol. The number of fused-ring (bicyclic) bond motifs is 2. The molecule has 1 aromatic heterocycles. The molecule has 1 aromatic carbocycles. The quantitative estimate of drug-likeness (QED) is 0.771. The van der Waals surface area contributed by atoms with Crippen molar-refractivity contribution in [2.45, 2.75) is 33.0 Å². The van der Waals surface area contributed by atoms with Gasteiger partial charge in [0.2, 0.25) is 0 Å². The number of benzene rings is 1. The van der Waals surface area contributed by atoms with E-state index in [1.165, 1.54) is 0 Å². The fraction of sp³-hybridized carbons (Fsp3) is 0.429. The van der Waals surface area contributed by atoms with Crippen LogP contribution in [0.5, 0.6) is 0 Å². The second-order valence-corrected chi connectivity index (χ2v) is 4.80. The van der Waals surface area contributed by atoms with Crippen molar-refractivity contribution in [1.82, 2.24) is 14.5 Å². The molecule has 3 rings (SSSR count). The molecule has 0 spiro atoms. The number of aromatic nitrogens is 2. The molecular formula is C14H17N3O. The summed E-state index contributed by atoms with van der Waals surface area (Å²) in [5.74, 6) is 0.882. The Kier molecular flexibility index (Phi) is 2.48. The van der Waals surface area contributed by atoms with Crippen LogP contribution in [0.3, 0.4) is 0 Å². The van der Waals surface area contributed by atoms with E-state index in [0.717, 1.165) is 17.9 Å². The molecule has 0 saturated carbocycles. The maximum Gasteiger partial charge on any atom is 0.262 e. The molecule has 2 atom stereocenters. The summed E-state index contributed by atoms with van der Waals surface area (Å²) < 4.78 is 1.83. The first kappa shape index (κ1) is 11.4. The minimum atomic E-state index is 0.0749. The van der Waals surface area contributed by atoms with Crippen LogP contribution < -0.4 is 5.56 Å². The maximum absolute atomic E-state index is 12.5. The van der Waals surface area contributed by atoms with Gasteiger partial charge in [0.1, 0.15) is 5.82 Å². The number of rotatable bonds is 1. The van der Waals surface area contributed by atoms with Gasteiger partial charge in [0.15, 0.2) is 0 Å². The Morgan fingerprint density at radius 3 is 2.72 bits per heavy atom. The van der Waals surface area contributed by atoms with E-state index in [2.05, 4.69) is 30.7 Å². The Hall–Kier alpha value is -1.68. The molecule has 1 aliphatic rings. The van der Waals surface area contributed by atoms with Crippen molar-refractivity contribution in [2.24, 2.45) is 0 Å². The van der Waals surface area contributed by atoms with Crippen molar-refractivity contribution in [3.8, 4) is 0 Å². The predicted molar refractivity (Wildman–Crippen MR) is 71.5 cm³/mol. The van der Waals surface area contributed by atoms with E-state index in [1.807, 2.05) is 28.8 Å². The Morgan fingerprint density at radius 1 is 1.28 bits per heavy atom. The van der Waals surface area contributed by atoms with Gasteiger partial charge in [-0.1, -0.05) is 19.1 Å². The fourth-order valence-corrected chi connectivity index (χ4v) is 2.98. The largest absolute Gasteiger partial charge is 0.278 e. The minimum Gasteiger partial charge on any atom is -0.278 e. The zero-order valence-corrected chi connectivity index (χ0v) is 10.9. The van der Waals surface area contributed by atoms with Crippen molar-refractivity contribution < 1.29 is 0 Å². The molecule has 0 saturated heterocycles. The van der Waals surface area contributed by atoms with Gasteiger partial charge in [-0.05, 0) is 32.5 Å². The zero-order chi connectivity index (χ0) is 12.9. The Bertz CT molecular complexity index is 662. The lowest BCUT2D eigenvalue weighted by Crippen LogP contribution is -2.28. The first-order chi connectivity index (χ1) is 8.65. The van der Waals surface area contributed by atoms with Gasteiger partial charge in [-0.25, -0.2) is 4.98 Å². The molecule has 1 aliphatic heterocycles. The van der Waals surface area contributed by atoms with Crippen LogP contribution in [-0.2, 0) is 0 Å². The normalized spacial score (nSPS) is 23.5. The highest BCUT2D eigenvalue weighted by atomic mass is 16.1. The summed E-state index contributed by atoms with van der Waals surface area (Å²) in [7, 11) is 0. The second kappa shape index (κ2) is 3.92. The molecule has 94 valence electrons. The summed E-state index contributed by atoms with van der Waals surface area (Å²) in [5.41, 5.74) is 0.872. The predicted octanol–water partition coefficient (Wildman–Crippen LogP) is 2.31. The van der Waals surface area contributed by atoms with Gasteiger partial charge in [0, 0.05) is 0 Å². The average Bonchev–Trinajstić information content (AvgIpc) is 2.62. The molecule has 2 heterocycles. The summed E-state index contributed by atoms with van der Waals surface area (Å²) >= 11 is 0. The third-order valence-electron chi connectivity index (χ3n) is 3.92. The van der Waals surface area contributed by atoms with Gasteiger partial charge in [-0.15, -0.1) is 0 Å². The summed E-state index contributed by atoms with van der Waals surface area (Å²) in [5, 5.41) is 0.707. The lowest BCUT2D eigenvalue weighted by molar-refractivity contribution is 0.163. The molecule has 0 radical (unpaired) electrons. The van der Waals surface area contributed by atoms with Crippen LogP contribution in [0.1, 0.15) is 38.8 Å². The van der Waals surface area contributed by atoms with Crippen LogP contribution in [-0.4, -0.2) is 21.0 Å². The summed E-state index contributed by atoms with van der Waals surface area (Å²) in [6.45, 7) is 7.21. The van der Waals surface area contributed by atoms with Gasteiger partial charge >= 0.3 is 0 Å². The highest BCUT2D eigenvalue weighted by Gasteiger charge is 2.34. The number of hydrogen-bond acceptors (Lipinski definition) is 3. The van der Waals surface area contributed by atoms with Crippen molar-refractivity contribution in [3.05, 3.63) is 40.4 Å². The SMILES string of the molecule is CCN1C(C)c2nc3ccccc3c(=O)n2C1C. The topological polar surface area (TPSA) is 38.1 Å². The van der Waals surface area contributed by atoms with Crippen LogP contribution >= 0.6 is 0 Å². The molecule has 4 nitrogen and oxygen atoms in total. The van der Waals surface area contributed by atoms with Crippen molar-refractivity contribution in [3.63, 3.8) is 0 Å². The van der Waals surface area contributed by atoms with Gasteiger partial charge < -0.3 is 0 Å². The van der Waals surface area contributed by atoms with E-state index in [9.17, 15) is 4.79 Å². The highest BCUT2D eigenvalue weighted by molar-refractivity contribution is 5.77. The van der Waals surface area contributed by atoms with Crippen molar-refractivity contribution in [2.75, 3.05) is 6.54 Å². The van der Waals surface area contributed by atoms with E-state index < -0.39 is 0 Å². The summed E-state index contributed by atoms with van der Waals surface area (Å²) in [4.78, 5) is 19.5. The number of para-hydroxylation sites is 1. The molecule has 0 amide bonds. The molecule has 2 aromatic rings. The monoisotopic (exact) mass is 243 g/mol. The zero-order valence-electron chi connectivity index (χ0n) is 10.9. The molecule has 4 heteroatoms. The van der Waals surface area contributed by atoms with Crippen molar-refractivity contribution >= 4 is 10.9 Å². The number of nitrogens with zero attached hydrogens (tertiary/aromatic N) is 3. The number of hydrogen-bond donors (Lipinski definition) is 0. The standard InChI is InChI=1S/C14H17N3O/c1-4-16-9(2)13-15-12-8-6-5-7-11(12)14(18)17(13)10(16)3/h5-10H,4H2,1-3H3. The highest BCUT2D eigenvalue weighted by Crippen LogP contribution is 2.33. The molecule has 0 aliphatic carbocycles. The van der Waals surface area contributed by atoms with Crippen LogP contribution in [0.2, 0.25) is 0 Å². The van der Waals surface area contributed by atoms with Gasteiger partial charge in [0.05, 0.1) is 23.1 Å². The molecule has 0 bridgehead atoms. The van der Waals surface area contributed by atoms with Crippen LogP contribution in [0.4, 0.5) is 0 Å². The first-order valence-electron chi connectivity index (χ1n) is 6.42. The van der Waals surface area contributed by atoms with Gasteiger partial charge in [-0.3, -0.25) is 14.3 Å². The summed E-state index contributed by atoms with van der Waals surface area (Å²) in [6, 6.07) is 7.77. The van der Waals surface area contributed by atoms with Crippen molar-refractivity contribution in [1.29, 1.82) is 0 Å². The Balaban J connectivity index is 2.35. The molecule has 18 heavy (non-hydrogen) atoms. The van der Waals surface area contributed by atoms with Crippen LogP contribution in [0.15, 0.2) is 29.1 Å². The van der Waals surface area contributed by atoms with E-state index in [4.69, 9.17) is 0 Å². The van der Waals surface area contributed by atoms with Gasteiger partial charge in [0.25, 0.3) is 5.56 Å². The van der Waals surface area contributed by atoms with E-state index in [1.54, 1.807) is 0 Å². The Morgan fingerprint density at radius 2 is 2.00 bits per heavy atom. The van der Waals surface area contributed by atoms with E-state index in [-0.39, 0.29) is 17.8 Å².